The Labute approximate surface area is 245 Å². The third kappa shape index (κ3) is 9.17. The smallest absolute Gasteiger partial charge is 0.326 e. The SMILES string of the molecule is CCOC[C@H](OCc1ccc(C(=O)N[C@@H](CCSC)C(=O)O)c(-c2ccccc2C)c1)c1ccc(CN(C)C)s1. The minimum atomic E-state index is -1.03. The van der Waals surface area contributed by atoms with Crippen molar-refractivity contribution in [3.8, 4) is 11.1 Å². The lowest BCUT2D eigenvalue weighted by molar-refractivity contribution is -0.139. The van der Waals surface area contributed by atoms with Crippen LogP contribution in [0.3, 0.4) is 0 Å². The van der Waals surface area contributed by atoms with Crippen LogP contribution in [0.25, 0.3) is 11.1 Å². The molecule has 2 aromatic carbocycles. The summed E-state index contributed by atoms with van der Waals surface area (Å²) in [5.74, 6) is -0.796. The van der Waals surface area contributed by atoms with Gasteiger partial charge in [0.2, 0.25) is 0 Å². The molecule has 0 unspecified atom stereocenters. The number of thioether (sulfide) groups is 1. The van der Waals surface area contributed by atoms with Crippen LogP contribution in [0.5, 0.6) is 0 Å². The maximum atomic E-state index is 13.4. The number of hydrogen-bond donors (Lipinski definition) is 2. The average Bonchev–Trinajstić information content (AvgIpc) is 3.38. The van der Waals surface area contributed by atoms with Crippen molar-refractivity contribution < 1.29 is 24.2 Å². The average molecular weight is 585 g/mol. The van der Waals surface area contributed by atoms with E-state index in [1.807, 2.05) is 56.5 Å². The molecule has 2 N–H and O–H groups in total. The van der Waals surface area contributed by atoms with Crippen LogP contribution in [0.15, 0.2) is 54.6 Å². The summed E-state index contributed by atoms with van der Waals surface area (Å²) in [6, 6.07) is 16.8. The number of aliphatic carboxylic acids is 1. The maximum Gasteiger partial charge on any atom is 0.326 e. The van der Waals surface area contributed by atoms with Crippen molar-refractivity contribution in [2.45, 2.75) is 45.6 Å². The third-order valence-electron chi connectivity index (χ3n) is 6.37. The van der Waals surface area contributed by atoms with Gasteiger partial charge in [0.05, 0.1) is 13.2 Å². The molecule has 1 heterocycles. The van der Waals surface area contributed by atoms with Crippen molar-refractivity contribution in [3.05, 3.63) is 81.0 Å². The number of hydrogen-bond acceptors (Lipinski definition) is 7. The Morgan fingerprint density at radius 2 is 1.88 bits per heavy atom. The highest BCUT2D eigenvalue weighted by molar-refractivity contribution is 7.98. The zero-order chi connectivity index (χ0) is 29.1. The van der Waals surface area contributed by atoms with Gasteiger partial charge in [-0.25, -0.2) is 4.79 Å². The first-order valence-electron chi connectivity index (χ1n) is 13.4. The number of nitrogens with one attached hydrogen (secondary N) is 1. The number of carbonyl (C=O) groups is 2. The molecule has 0 spiro atoms. The summed E-state index contributed by atoms with van der Waals surface area (Å²) in [4.78, 5) is 29.7. The fourth-order valence-corrected chi connectivity index (χ4v) is 5.94. The Kier molecular flexibility index (Phi) is 12.7. The van der Waals surface area contributed by atoms with E-state index < -0.39 is 17.9 Å². The van der Waals surface area contributed by atoms with Crippen molar-refractivity contribution in [3.63, 3.8) is 0 Å². The van der Waals surface area contributed by atoms with E-state index in [0.717, 1.165) is 33.7 Å². The molecule has 0 saturated carbocycles. The number of carboxylic acid groups (broad SMARTS) is 1. The van der Waals surface area contributed by atoms with Crippen LogP contribution in [0.2, 0.25) is 0 Å². The first kappa shape index (κ1) is 31.8. The number of benzene rings is 2. The zero-order valence-corrected chi connectivity index (χ0v) is 25.6. The first-order chi connectivity index (χ1) is 19.2. The van der Waals surface area contributed by atoms with E-state index in [2.05, 4.69) is 36.4 Å². The molecule has 3 rings (SSSR count). The van der Waals surface area contributed by atoms with E-state index in [1.165, 1.54) is 4.88 Å². The van der Waals surface area contributed by atoms with E-state index >= 15 is 0 Å². The Balaban J connectivity index is 1.88. The standard InChI is InChI=1S/C31H40N2O5S2/c1-6-37-20-28(29-14-12-23(40-29)18-33(3)4)38-19-22-11-13-25(26(17-22)24-10-8-7-9-21(24)2)30(34)32-27(31(35)36)15-16-39-5/h7-14,17,27-28H,6,15-16,18-20H2,1-5H3,(H,32,34)(H,35,36)/t27-,28-/m0/s1. The van der Waals surface area contributed by atoms with Crippen molar-refractivity contribution in [1.29, 1.82) is 0 Å². The van der Waals surface area contributed by atoms with Crippen LogP contribution in [0.1, 0.15) is 50.7 Å². The minimum Gasteiger partial charge on any atom is -0.480 e. The normalized spacial score (nSPS) is 12.8. The van der Waals surface area contributed by atoms with Crippen LogP contribution in [0, 0.1) is 6.92 Å². The molecular formula is C31H40N2O5S2. The van der Waals surface area contributed by atoms with E-state index in [-0.39, 0.29) is 6.10 Å². The number of nitrogens with zero attached hydrogens (tertiary/aromatic N) is 1. The van der Waals surface area contributed by atoms with Crippen LogP contribution in [-0.2, 0) is 27.4 Å². The second-order valence-electron chi connectivity index (χ2n) is 9.84. The van der Waals surface area contributed by atoms with E-state index in [0.29, 0.717) is 37.6 Å². The molecule has 2 atom stereocenters. The molecule has 3 aromatic rings. The third-order valence-corrected chi connectivity index (χ3v) is 8.18. The molecule has 0 aliphatic heterocycles. The monoisotopic (exact) mass is 584 g/mol. The molecule has 0 radical (unpaired) electrons. The number of ether oxygens (including phenoxy) is 2. The predicted octanol–water partition coefficient (Wildman–Crippen LogP) is 6.02. The molecular weight excluding hydrogens is 544 g/mol. The lowest BCUT2D eigenvalue weighted by atomic mass is 9.93. The summed E-state index contributed by atoms with van der Waals surface area (Å²) in [6.07, 6.45) is 2.06. The molecule has 40 heavy (non-hydrogen) atoms. The molecule has 0 aliphatic rings. The van der Waals surface area contributed by atoms with Gasteiger partial charge in [0, 0.05) is 28.5 Å². The minimum absolute atomic E-state index is 0.210. The van der Waals surface area contributed by atoms with Gasteiger partial charge in [-0.2, -0.15) is 11.8 Å². The molecule has 0 fully saturated rings. The van der Waals surface area contributed by atoms with Crippen molar-refractivity contribution in [2.24, 2.45) is 0 Å². The fraction of sp³-hybridized carbons (Fsp3) is 0.419. The number of carboxylic acids is 1. The molecule has 216 valence electrons. The Morgan fingerprint density at radius 1 is 1.10 bits per heavy atom. The molecule has 1 amide bonds. The highest BCUT2D eigenvalue weighted by atomic mass is 32.2. The van der Waals surface area contributed by atoms with Gasteiger partial charge in [-0.3, -0.25) is 4.79 Å². The lowest BCUT2D eigenvalue weighted by Crippen LogP contribution is -2.41. The van der Waals surface area contributed by atoms with Gasteiger partial charge >= 0.3 is 5.97 Å². The fourth-order valence-electron chi connectivity index (χ4n) is 4.30. The largest absolute Gasteiger partial charge is 0.480 e. The van der Waals surface area contributed by atoms with Gasteiger partial charge in [0.15, 0.2) is 0 Å². The summed E-state index contributed by atoms with van der Waals surface area (Å²) in [6.45, 7) is 6.23. The van der Waals surface area contributed by atoms with Crippen LogP contribution >= 0.6 is 23.1 Å². The van der Waals surface area contributed by atoms with E-state index in [4.69, 9.17) is 9.47 Å². The summed E-state index contributed by atoms with van der Waals surface area (Å²) in [5.41, 5.74) is 4.04. The summed E-state index contributed by atoms with van der Waals surface area (Å²) < 4.78 is 12.1. The Hall–Kier alpha value is -2.69. The summed E-state index contributed by atoms with van der Waals surface area (Å²) >= 11 is 3.28. The van der Waals surface area contributed by atoms with E-state index in [1.54, 1.807) is 29.2 Å². The number of thiophene rings is 1. The molecule has 0 aliphatic carbocycles. The second kappa shape index (κ2) is 15.9. The van der Waals surface area contributed by atoms with E-state index in [9.17, 15) is 14.7 Å². The topological polar surface area (TPSA) is 88.1 Å². The van der Waals surface area contributed by atoms with Gasteiger partial charge in [0.1, 0.15) is 12.1 Å². The van der Waals surface area contributed by atoms with Crippen LogP contribution < -0.4 is 5.32 Å². The van der Waals surface area contributed by atoms with Crippen molar-refractivity contribution in [1.82, 2.24) is 10.2 Å². The second-order valence-corrected chi connectivity index (χ2v) is 12.0. The highest BCUT2D eigenvalue weighted by Gasteiger charge is 2.23. The zero-order valence-electron chi connectivity index (χ0n) is 23.9. The Morgan fingerprint density at radius 3 is 2.55 bits per heavy atom. The van der Waals surface area contributed by atoms with Gasteiger partial charge in [-0.05, 0) is 92.9 Å². The molecule has 7 nitrogen and oxygen atoms in total. The predicted molar refractivity (Wildman–Crippen MR) is 164 cm³/mol. The summed E-state index contributed by atoms with van der Waals surface area (Å²) in [5, 5.41) is 12.4. The summed E-state index contributed by atoms with van der Waals surface area (Å²) in [7, 11) is 4.10. The van der Waals surface area contributed by atoms with Crippen LogP contribution in [0.4, 0.5) is 0 Å². The molecule has 1 aromatic heterocycles. The van der Waals surface area contributed by atoms with Gasteiger partial charge in [0.25, 0.3) is 5.91 Å². The van der Waals surface area contributed by atoms with Gasteiger partial charge in [-0.1, -0.05) is 30.3 Å². The lowest BCUT2D eigenvalue weighted by Gasteiger charge is -2.19. The number of rotatable bonds is 16. The van der Waals surface area contributed by atoms with Gasteiger partial charge < -0.3 is 24.8 Å². The number of amides is 1. The maximum absolute atomic E-state index is 13.4. The molecule has 9 heteroatoms. The molecule has 0 saturated heterocycles. The van der Waals surface area contributed by atoms with Crippen LogP contribution in [-0.4, -0.2) is 67.2 Å². The van der Waals surface area contributed by atoms with Gasteiger partial charge in [-0.15, -0.1) is 11.3 Å². The molecule has 0 bridgehead atoms. The quantitative estimate of drug-likeness (QED) is 0.213. The number of carbonyl (C=O) groups excluding carboxylic acids is 1. The number of aryl methyl sites for hydroxylation is 1. The van der Waals surface area contributed by atoms with Crippen molar-refractivity contribution in [2.75, 3.05) is 39.3 Å². The highest BCUT2D eigenvalue weighted by Crippen LogP contribution is 2.31. The first-order valence-corrected chi connectivity index (χ1v) is 15.6. The Bertz CT molecular complexity index is 1260. The van der Waals surface area contributed by atoms with Crippen molar-refractivity contribution >= 4 is 35.0 Å².